The van der Waals surface area contributed by atoms with Gasteiger partial charge in [0.1, 0.15) is 11.5 Å². The number of nitrogens with two attached hydrogens (primary N) is 2. The lowest BCUT2D eigenvalue weighted by Gasteiger charge is -2.06. The lowest BCUT2D eigenvalue weighted by molar-refractivity contribution is 0.824. The molecule has 0 saturated carbocycles. The average molecular weight is 253 g/mol. The van der Waals surface area contributed by atoms with Gasteiger partial charge in [-0.1, -0.05) is 29.8 Å². The summed E-state index contributed by atoms with van der Waals surface area (Å²) in [6, 6.07) is 10.3. The Bertz CT molecular complexity index is 745. The molecule has 0 aliphatic rings. The van der Waals surface area contributed by atoms with Crippen molar-refractivity contribution in [3.05, 3.63) is 47.7 Å². The number of rotatable bonds is 2. The van der Waals surface area contributed by atoms with Gasteiger partial charge in [-0.05, 0) is 18.6 Å². The van der Waals surface area contributed by atoms with Crippen molar-refractivity contribution in [3.8, 4) is 0 Å². The van der Waals surface area contributed by atoms with Crippen molar-refractivity contribution >= 4 is 22.8 Å². The van der Waals surface area contributed by atoms with Crippen molar-refractivity contribution in [1.29, 1.82) is 0 Å². The molecular formula is C14H15N5. The minimum absolute atomic E-state index is 0.203. The Morgan fingerprint density at radius 3 is 2.79 bits per heavy atom. The summed E-state index contributed by atoms with van der Waals surface area (Å²) >= 11 is 0. The second kappa shape index (κ2) is 4.28. The van der Waals surface area contributed by atoms with Crippen LogP contribution < -0.4 is 11.5 Å². The molecule has 2 heterocycles. The fourth-order valence-corrected chi connectivity index (χ4v) is 2.24. The first-order valence-corrected chi connectivity index (χ1v) is 6.07. The van der Waals surface area contributed by atoms with Gasteiger partial charge in [0.05, 0.1) is 5.39 Å². The first-order chi connectivity index (χ1) is 9.13. The Hall–Kier alpha value is -2.56. The average Bonchev–Trinajstić information content (AvgIpc) is 2.73. The van der Waals surface area contributed by atoms with Crippen LogP contribution >= 0.6 is 0 Å². The van der Waals surface area contributed by atoms with E-state index >= 15 is 0 Å². The number of anilines is 2. The van der Waals surface area contributed by atoms with Gasteiger partial charge in [-0.3, -0.25) is 0 Å². The van der Waals surface area contributed by atoms with Crippen molar-refractivity contribution < 1.29 is 0 Å². The van der Waals surface area contributed by atoms with E-state index in [2.05, 4.69) is 35.1 Å². The van der Waals surface area contributed by atoms with E-state index in [1.54, 1.807) is 0 Å². The van der Waals surface area contributed by atoms with Gasteiger partial charge >= 0.3 is 0 Å². The maximum absolute atomic E-state index is 5.84. The summed E-state index contributed by atoms with van der Waals surface area (Å²) < 4.78 is 2.03. The SMILES string of the molecule is Cc1cccc(Cn2ccc3c(N)nc(N)nc32)c1. The minimum Gasteiger partial charge on any atom is -0.383 e. The molecule has 5 nitrogen and oxygen atoms in total. The standard InChI is InChI=1S/C14H15N5/c1-9-3-2-4-10(7-9)8-19-6-5-11-12(15)17-14(16)18-13(11)19/h2-7H,8H2,1H3,(H4,15,16,17,18). The van der Waals surface area contributed by atoms with E-state index in [4.69, 9.17) is 11.5 Å². The van der Waals surface area contributed by atoms with Gasteiger partial charge < -0.3 is 16.0 Å². The minimum atomic E-state index is 0.203. The first-order valence-electron chi connectivity index (χ1n) is 6.07. The van der Waals surface area contributed by atoms with Crippen LogP contribution in [0.2, 0.25) is 0 Å². The van der Waals surface area contributed by atoms with Gasteiger partial charge in [0.2, 0.25) is 5.95 Å². The van der Waals surface area contributed by atoms with Gasteiger partial charge in [-0.15, -0.1) is 0 Å². The molecule has 0 saturated heterocycles. The molecule has 0 fully saturated rings. The van der Waals surface area contributed by atoms with E-state index in [-0.39, 0.29) is 5.95 Å². The molecule has 4 N–H and O–H groups in total. The molecule has 5 heteroatoms. The van der Waals surface area contributed by atoms with E-state index < -0.39 is 0 Å². The van der Waals surface area contributed by atoms with Gasteiger partial charge in [0.25, 0.3) is 0 Å². The summed E-state index contributed by atoms with van der Waals surface area (Å²) in [6.07, 6.45) is 1.96. The predicted molar refractivity (Wildman–Crippen MR) is 76.6 cm³/mol. The van der Waals surface area contributed by atoms with Crippen molar-refractivity contribution in [1.82, 2.24) is 14.5 Å². The lowest BCUT2D eigenvalue weighted by atomic mass is 10.1. The predicted octanol–water partition coefficient (Wildman–Crippen LogP) is 1.95. The van der Waals surface area contributed by atoms with Crippen molar-refractivity contribution in [3.63, 3.8) is 0 Å². The lowest BCUT2D eigenvalue weighted by Crippen LogP contribution is -2.04. The number of benzene rings is 1. The molecular weight excluding hydrogens is 238 g/mol. The molecule has 0 radical (unpaired) electrons. The van der Waals surface area contributed by atoms with Crippen LogP contribution in [0.25, 0.3) is 11.0 Å². The summed E-state index contributed by atoms with van der Waals surface area (Å²) in [6.45, 7) is 2.82. The third kappa shape index (κ3) is 2.10. The molecule has 96 valence electrons. The number of hydrogen-bond donors (Lipinski definition) is 2. The van der Waals surface area contributed by atoms with E-state index in [9.17, 15) is 0 Å². The largest absolute Gasteiger partial charge is 0.383 e. The number of aromatic nitrogens is 3. The molecule has 3 aromatic rings. The number of hydrogen-bond acceptors (Lipinski definition) is 4. The van der Waals surface area contributed by atoms with Gasteiger partial charge in [0, 0.05) is 12.7 Å². The van der Waals surface area contributed by atoms with Crippen LogP contribution in [0.4, 0.5) is 11.8 Å². The molecule has 0 aliphatic carbocycles. The zero-order valence-electron chi connectivity index (χ0n) is 10.7. The van der Waals surface area contributed by atoms with Gasteiger partial charge in [-0.2, -0.15) is 9.97 Å². The highest BCUT2D eigenvalue weighted by molar-refractivity contribution is 5.87. The Balaban J connectivity index is 2.06. The molecule has 0 unspecified atom stereocenters. The van der Waals surface area contributed by atoms with Crippen LogP contribution in [0.5, 0.6) is 0 Å². The fraction of sp³-hybridized carbons (Fsp3) is 0.143. The Morgan fingerprint density at radius 2 is 2.00 bits per heavy atom. The van der Waals surface area contributed by atoms with E-state index in [0.717, 1.165) is 17.6 Å². The van der Waals surface area contributed by atoms with E-state index in [1.807, 2.05) is 22.9 Å². The number of aryl methyl sites for hydroxylation is 1. The molecule has 0 spiro atoms. The van der Waals surface area contributed by atoms with Gasteiger partial charge in [-0.25, -0.2) is 0 Å². The summed E-state index contributed by atoms with van der Waals surface area (Å²) in [5.74, 6) is 0.625. The quantitative estimate of drug-likeness (QED) is 0.731. The maximum atomic E-state index is 5.84. The summed E-state index contributed by atoms with van der Waals surface area (Å²) in [4.78, 5) is 8.23. The third-order valence-electron chi connectivity index (χ3n) is 3.10. The zero-order chi connectivity index (χ0) is 13.4. The van der Waals surface area contributed by atoms with Crippen LogP contribution in [-0.4, -0.2) is 14.5 Å². The summed E-state index contributed by atoms with van der Waals surface area (Å²) in [5.41, 5.74) is 14.7. The number of fused-ring (bicyclic) bond motifs is 1. The molecule has 1 aromatic carbocycles. The highest BCUT2D eigenvalue weighted by atomic mass is 15.1. The summed E-state index contributed by atoms with van der Waals surface area (Å²) in [5, 5.41) is 0.835. The van der Waals surface area contributed by atoms with E-state index in [0.29, 0.717) is 5.82 Å². The molecule has 0 aliphatic heterocycles. The number of nitrogen functional groups attached to an aromatic ring is 2. The van der Waals surface area contributed by atoms with Crippen LogP contribution in [-0.2, 0) is 6.54 Å². The van der Waals surface area contributed by atoms with Crippen LogP contribution in [0.15, 0.2) is 36.5 Å². The van der Waals surface area contributed by atoms with Crippen molar-refractivity contribution in [2.45, 2.75) is 13.5 Å². The number of nitrogens with zero attached hydrogens (tertiary/aromatic N) is 3. The monoisotopic (exact) mass is 253 g/mol. The third-order valence-corrected chi connectivity index (χ3v) is 3.10. The van der Waals surface area contributed by atoms with Crippen LogP contribution in [0.3, 0.4) is 0 Å². The molecule has 2 aromatic heterocycles. The van der Waals surface area contributed by atoms with E-state index in [1.165, 1.54) is 11.1 Å². The molecule has 0 atom stereocenters. The summed E-state index contributed by atoms with van der Waals surface area (Å²) in [7, 11) is 0. The maximum Gasteiger partial charge on any atom is 0.223 e. The molecule has 19 heavy (non-hydrogen) atoms. The highest BCUT2D eigenvalue weighted by Gasteiger charge is 2.08. The second-order valence-electron chi connectivity index (χ2n) is 4.64. The van der Waals surface area contributed by atoms with Crippen LogP contribution in [0.1, 0.15) is 11.1 Å². The Morgan fingerprint density at radius 1 is 1.16 bits per heavy atom. The smallest absolute Gasteiger partial charge is 0.223 e. The molecule has 0 bridgehead atoms. The van der Waals surface area contributed by atoms with Gasteiger partial charge in [0.15, 0.2) is 0 Å². The topological polar surface area (TPSA) is 82.8 Å². The normalized spacial score (nSPS) is 11.0. The Labute approximate surface area is 110 Å². The highest BCUT2D eigenvalue weighted by Crippen LogP contribution is 2.21. The molecule has 3 rings (SSSR count). The second-order valence-corrected chi connectivity index (χ2v) is 4.64. The van der Waals surface area contributed by atoms with Crippen LogP contribution in [0, 0.1) is 6.92 Å². The molecule has 0 amide bonds. The Kier molecular flexibility index (Phi) is 2.59. The van der Waals surface area contributed by atoms with Crippen molar-refractivity contribution in [2.75, 3.05) is 11.5 Å². The first kappa shape index (κ1) is 11.5. The van der Waals surface area contributed by atoms with Crippen molar-refractivity contribution in [2.24, 2.45) is 0 Å². The fourth-order valence-electron chi connectivity index (χ4n) is 2.24. The zero-order valence-corrected chi connectivity index (χ0v) is 10.7.